The van der Waals surface area contributed by atoms with E-state index in [4.69, 9.17) is 0 Å². The van der Waals surface area contributed by atoms with Crippen LogP contribution < -0.4 is 5.32 Å². The van der Waals surface area contributed by atoms with E-state index in [2.05, 4.69) is 5.32 Å². The summed E-state index contributed by atoms with van der Waals surface area (Å²) in [5, 5.41) is 14.0. The van der Waals surface area contributed by atoms with Crippen LogP contribution in [0.5, 0.6) is 0 Å². The van der Waals surface area contributed by atoms with Crippen molar-refractivity contribution in [2.45, 2.75) is 22.7 Å². The molecule has 0 aliphatic carbocycles. The third-order valence-electron chi connectivity index (χ3n) is 4.64. The number of benzene rings is 1. The molecule has 1 fully saturated rings. The predicted molar refractivity (Wildman–Crippen MR) is 115 cm³/mol. The van der Waals surface area contributed by atoms with E-state index in [0.29, 0.717) is 11.5 Å². The third kappa shape index (κ3) is 4.22. The SMILES string of the molecule is O=C(Cc1cccs1)NC1C(=O)N2C(C(=O)O)=C(CSc3ccccc3)CS[C@@H]12. The van der Waals surface area contributed by atoms with Gasteiger partial charge in [0.25, 0.3) is 5.91 Å². The third-order valence-corrected chi connectivity index (χ3v) is 7.95. The van der Waals surface area contributed by atoms with Gasteiger partial charge in [-0.15, -0.1) is 34.9 Å². The molecule has 1 aromatic heterocycles. The van der Waals surface area contributed by atoms with Gasteiger partial charge in [-0.3, -0.25) is 14.5 Å². The van der Waals surface area contributed by atoms with Crippen molar-refractivity contribution < 1.29 is 19.5 Å². The average Bonchev–Trinajstić information content (AvgIpc) is 3.23. The van der Waals surface area contributed by atoms with Gasteiger partial charge in [0.05, 0.1) is 6.42 Å². The maximum atomic E-state index is 12.7. The molecule has 4 rings (SSSR count). The van der Waals surface area contributed by atoms with E-state index in [9.17, 15) is 19.5 Å². The number of carbonyl (C=O) groups is 3. The van der Waals surface area contributed by atoms with Gasteiger partial charge in [0.15, 0.2) is 0 Å². The smallest absolute Gasteiger partial charge is 0.352 e. The number of fused-ring (bicyclic) bond motifs is 1. The molecule has 9 heteroatoms. The number of hydrogen-bond acceptors (Lipinski definition) is 6. The summed E-state index contributed by atoms with van der Waals surface area (Å²) in [6.45, 7) is 0. The lowest BCUT2D eigenvalue weighted by Crippen LogP contribution is -2.70. The van der Waals surface area contributed by atoms with E-state index < -0.39 is 12.0 Å². The van der Waals surface area contributed by atoms with Crippen LogP contribution in [0.2, 0.25) is 0 Å². The lowest BCUT2D eigenvalue weighted by Gasteiger charge is -2.49. The van der Waals surface area contributed by atoms with Gasteiger partial charge in [-0.1, -0.05) is 24.3 Å². The van der Waals surface area contributed by atoms with Crippen LogP contribution in [0.4, 0.5) is 0 Å². The fourth-order valence-corrected chi connectivity index (χ4v) is 6.39. The number of carbonyl (C=O) groups excluding carboxylic acids is 2. The largest absolute Gasteiger partial charge is 0.477 e. The second-order valence-electron chi connectivity index (χ2n) is 6.57. The van der Waals surface area contributed by atoms with Crippen LogP contribution in [0.3, 0.4) is 0 Å². The number of hydrogen-bond donors (Lipinski definition) is 2. The van der Waals surface area contributed by atoms with E-state index in [-0.39, 0.29) is 29.3 Å². The first-order chi connectivity index (χ1) is 14.0. The molecule has 150 valence electrons. The van der Waals surface area contributed by atoms with Crippen molar-refractivity contribution in [2.24, 2.45) is 0 Å². The summed E-state index contributed by atoms with van der Waals surface area (Å²) >= 11 is 4.53. The van der Waals surface area contributed by atoms with Gasteiger partial charge in [-0.25, -0.2) is 4.79 Å². The molecule has 0 spiro atoms. The first kappa shape index (κ1) is 20.1. The standard InChI is InChI=1S/C20H18N2O4S3/c23-15(9-14-7-4-8-27-14)21-16-18(24)22-17(20(25)26)12(11-29-19(16)22)10-28-13-5-2-1-3-6-13/h1-8,16,19H,9-11H2,(H,21,23)(H,25,26)/t16?,19-/m0/s1. The van der Waals surface area contributed by atoms with E-state index in [1.807, 2.05) is 47.8 Å². The molecule has 2 atom stereocenters. The minimum absolute atomic E-state index is 0.0611. The van der Waals surface area contributed by atoms with Crippen LogP contribution in [0, 0.1) is 0 Å². The molecule has 0 bridgehead atoms. The Balaban J connectivity index is 1.44. The van der Waals surface area contributed by atoms with Crippen molar-refractivity contribution in [1.29, 1.82) is 0 Å². The highest BCUT2D eigenvalue weighted by molar-refractivity contribution is 8.01. The zero-order valence-electron chi connectivity index (χ0n) is 15.2. The number of thiophene rings is 1. The van der Waals surface area contributed by atoms with Gasteiger partial charge < -0.3 is 10.4 Å². The highest BCUT2D eigenvalue weighted by Crippen LogP contribution is 2.41. The average molecular weight is 447 g/mol. The summed E-state index contributed by atoms with van der Waals surface area (Å²) in [5.41, 5.74) is 0.787. The molecule has 0 radical (unpaired) electrons. The number of aliphatic carboxylic acids is 1. The molecule has 2 amide bonds. The van der Waals surface area contributed by atoms with Crippen molar-refractivity contribution in [2.75, 3.05) is 11.5 Å². The summed E-state index contributed by atoms with van der Waals surface area (Å²) in [4.78, 5) is 40.1. The van der Waals surface area contributed by atoms with Gasteiger partial charge >= 0.3 is 5.97 Å². The number of nitrogens with zero attached hydrogens (tertiary/aromatic N) is 1. The fraction of sp³-hybridized carbons (Fsp3) is 0.250. The topological polar surface area (TPSA) is 86.7 Å². The van der Waals surface area contributed by atoms with Crippen molar-refractivity contribution >= 4 is 52.6 Å². The van der Waals surface area contributed by atoms with E-state index in [1.54, 1.807) is 11.8 Å². The summed E-state index contributed by atoms with van der Waals surface area (Å²) < 4.78 is 0. The van der Waals surface area contributed by atoms with E-state index in [1.165, 1.54) is 28.0 Å². The second-order valence-corrected chi connectivity index (χ2v) is 9.76. The number of rotatable bonds is 7. The Morgan fingerprint density at radius 3 is 2.69 bits per heavy atom. The molecule has 29 heavy (non-hydrogen) atoms. The molecule has 3 heterocycles. The molecule has 2 aliphatic heterocycles. The Morgan fingerprint density at radius 1 is 1.21 bits per heavy atom. The summed E-state index contributed by atoms with van der Waals surface area (Å²) in [5.74, 6) is -0.660. The molecule has 2 aliphatic rings. The molecule has 1 aromatic carbocycles. The highest BCUT2D eigenvalue weighted by Gasteiger charge is 2.54. The van der Waals surface area contributed by atoms with Crippen molar-refractivity contribution in [3.63, 3.8) is 0 Å². The molecule has 6 nitrogen and oxygen atoms in total. The first-order valence-corrected chi connectivity index (χ1v) is 11.9. The normalized spacial score (nSPS) is 20.8. The lowest BCUT2D eigenvalue weighted by molar-refractivity contribution is -0.150. The quantitative estimate of drug-likeness (QED) is 0.502. The molecule has 1 saturated heterocycles. The van der Waals surface area contributed by atoms with Crippen molar-refractivity contribution in [3.05, 3.63) is 64.0 Å². The molecule has 2 N–H and O–H groups in total. The summed E-state index contributed by atoms with van der Waals surface area (Å²) in [6.07, 6.45) is 0.222. The lowest BCUT2D eigenvalue weighted by atomic mass is 10.0. The van der Waals surface area contributed by atoms with E-state index >= 15 is 0 Å². The summed E-state index contributed by atoms with van der Waals surface area (Å²) in [7, 11) is 0. The number of β-lactam (4-membered cyclic amide) rings is 1. The zero-order valence-corrected chi connectivity index (χ0v) is 17.7. The number of carboxylic acids is 1. The van der Waals surface area contributed by atoms with Crippen LogP contribution in [-0.2, 0) is 20.8 Å². The zero-order chi connectivity index (χ0) is 20.4. The molecule has 1 unspecified atom stereocenters. The van der Waals surface area contributed by atoms with E-state index in [0.717, 1.165) is 15.3 Å². The number of nitrogens with one attached hydrogen (secondary N) is 1. The highest BCUT2D eigenvalue weighted by atomic mass is 32.2. The second kappa shape index (κ2) is 8.64. The monoisotopic (exact) mass is 446 g/mol. The van der Waals surface area contributed by atoms with Gasteiger partial charge in [0.2, 0.25) is 5.91 Å². The van der Waals surface area contributed by atoms with Crippen molar-refractivity contribution in [3.8, 4) is 0 Å². The number of amides is 2. The molecule has 0 saturated carbocycles. The van der Waals surface area contributed by atoms with Crippen LogP contribution in [0.1, 0.15) is 4.88 Å². The minimum Gasteiger partial charge on any atom is -0.477 e. The van der Waals surface area contributed by atoms with Crippen LogP contribution >= 0.6 is 34.9 Å². The van der Waals surface area contributed by atoms with Crippen LogP contribution in [-0.4, -0.2) is 50.7 Å². The Bertz CT molecular complexity index is 959. The number of carboxylic acid groups (broad SMARTS) is 1. The van der Waals surface area contributed by atoms with Gasteiger partial charge in [0.1, 0.15) is 17.1 Å². The maximum Gasteiger partial charge on any atom is 0.352 e. The Kier molecular flexibility index (Phi) is 5.98. The Hall–Kier alpha value is -2.23. The van der Waals surface area contributed by atoms with Gasteiger partial charge in [-0.2, -0.15) is 0 Å². The molecular formula is C20H18N2O4S3. The maximum absolute atomic E-state index is 12.7. The summed E-state index contributed by atoms with van der Waals surface area (Å²) in [6, 6.07) is 12.8. The minimum atomic E-state index is -1.10. The fourth-order valence-electron chi connectivity index (χ4n) is 3.28. The molecular weight excluding hydrogens is 428 g/mol. The Morgan fingerprint density at radius 2 is 2.00 bits per heavy atom. The van der Waals surface area contributed by atoms with Crippen LogP contribution in [0.25, 0.3) is 0 Å². The van der Waals surface area contributed by atoms with Crippen molar-refractivity contribution in [1.82, 2.24) is 10.2 Å². The molecule has 2 aromatic rings. The Labute approximate surface area is 180 Å². The predicted octanol–water partition coefficient (Wildman–Crippen LogP) is 2.82. The number of thioether (sulfide) groups is 2. The first-order valence-electron chi connectivity index (χ1n) is 8.94. The van der Waals surface area contributed by atoms with Crippen LogP contribution in [0.15, 0.2) is 64.0 Å². The van der Waals surface area contributed by atoms with Gasteiger partial charge in [-0.05, 0) is 29.2 Å². The van der Waals surface area contributed by atoms with Gasteiger partial charge in [0, 0.05) is 21.3 Å².